The highest BCUT2D eigenvalue weighted by atomic mass is 32.1. The van der Waals surface area contributed by atoms with E-state index in [1.54, 1.807) is 0 Å². The van der Waals surface area contributed by atoms with E-state index in [1.165, 1.54) is 16.9 Å². The summed E-state index contributed by atoms with van der Waals surface area (Å²) in [5.41, 5.74) is 9.11. The summed E-state index contributed by atoms with van der Waals surface area (Å²) >= 11 is 6.66. The van der Waals surface area contributed by atoms with Crippen LogP contribution in [0, 0.1) is 6.92 Å². The van der Waals surface area contributed by atoms with Crippen molar-refractivity contribution in [2.24, 2.45) is 5.73 Å². The normalized spacial score (nSPS) is 10.4. The monoisotopic (exact) mass is 467 g/mol. The first kappa shape index (κ1) is 23.4. The molecule has 3 rings (SSSR count). The Bertz CT molecular complexity index is 1110. The zero-order valence-electron chi connectivity index (χ0n) is 17.9. The number of thiocarbonyl (C=S) groups is 1. The fourth-order valence-electron chi connectivity index (χ4n) is 3.16. The lowest BCUT2D eigenvalue weighted by Gasteiger charge is -2.10. The summed E-state index contributed by atoms with van der Waals surface area (Å²) in [6.07, 6.45) is 1.60. The second-order valence-corrected chi connectivity index (χ2v) is 8.68. The van der Waals surface area contributed by atoms with Gasteiger partial charge in [0.2, 0.25) is 0 Å². The van der Waals surface area contributed by atoms with E-state index in [9.17, 15) is 9.59 Å². The Balaban J connectivity index is 1.62. The number of rotatable bonds is 8. The van der Waals surface area contributed by atoms with Crippen molar-refractivity contribution in [1.29, 1.82) is 0 Å². The summed E-state index contributed by atoms with van der Waals surface area (Å²) in [4.78, 5) is 25.3. The first-order valence-corrected chi connectivity index (χ1v) is 11.4. The molecule has 6 nitrogen and oxygen atoms in total. The second-order valence-electron chi connectivity index (χ2n) is 7.17. The number of aryl methyl sites for hydroxylation is 1. The number of hydrogen-bond acceptors (Lipinski definition) is 5. The van der Waals surface area contributed by atoms with Crippen LogP contribution in [0.1, 0.15) is 38.8 Å². The molecule has 0 radical (unpaired) electrons. The molecule has 0 spiro atoms. The van der Waals surface area contributed by atoms with Crippen LogP contribution in [0.5, 0.6) is 5.75 Å². The van der Waals surface area contributed by atoms with Gasteiger partial charge >= 0.3 is 0 Å². The third-order valence-electron chi connectivity index (χ3n) is 4.88. The number of carbonyl (C=O) groups is 2. The van der Waals surface area contributed by atoms with Crippen molar-refractivity contribution in [2.75, 3.05) is 11.9 Å². The van der Waals surface area contributed by atoms with E-state index < -0.39 is 11.8 Å². The maximum atomic E-state index is 12.2. The number of benzene rings is 2. The number of amides is 2. The van der Waals surface area contributed by atoms with Crippen LogP contribution in [-0.4, -0.2) is 23.5 Å². The Labute approximate surface area is 196 Å². The molecule has 0 aliphatic heterocycles. The predicted molar refractivity (Wildman–Crippen MR) is 133 cm³/mol. The van der Waals surface area contributed by atoms with Crippen LogP contribution in [0.25, 0.3) is 0 Å². The van der Waals surface area contributed by atoms with Gasteiger partial charge in [-0.2, -0.15) is 0 Å². The molecule has 0 saturated heterocycles. The Morgan fingerprint density at radius 3 is 2.38 bits per heavy atom. The Hall–Kier alpha value is -3.23. The highest BCUT2D eigenvalue weighted by molar-refractivity contribution is 7.80. The van der Waals surface area contributed by atoms with Crippen molar-refractivity contribution in [1.82, 2.24) is 5.32 Å². The van der Waals surface area contributed by atoms with Crippen LogP contribution in [0.15, 0.2) is 54.6 Å². The maximum Gasteiger partial charge on any atom is 0.264 e. The molecule has 4 N–H and O–H groups in total. The fourth-order valence-corrected chi connectivity index (χ4v) is 4.69. The minimum atomic E-state index is -0.548. The lowest BCUT2D eigenvalue weighted by Crippen LogP contribution is -2.37. The summed E-state index contributed by atoms with van der Waals surface area (Å²) in [5, 5.41) is 6.12. The molecule has 0 fully saturated rings. The van der Waals surface area contributed by atoms with Gasteiger partial charge in [0.15, 0.2) is 11.7 Å². The van der Waals surface area contributed by atoms with Crippen LogP contribution >= 0.6 is 23.6 Å². The Morgan fingerprint density at radius 1 is 1.06 bits per heavy atom. The van der Waals surface area contributed by atoms with Gasteiger partial charge < -0.3 is 15.8 Å². The number of nitrogens with two attached hydrogens (primary N) is 1. The quantitative estimate of drug-likeness (QED) is 0.432. The Morgan fingerprint density at radius 2 is 1.75 bits per heavy atom. The standard InChI is InChI=1S/C24H25N3O3S2/c1-3-16-9-11-18(12-10-16)30-14-20(28)26-24(31)27-23-21(22(25)29)15(2)19(32-23)13-17-7-5-4-6-8-17/h4-12H,3,13-14H2,1-2H3,(H2,25,29)(H2,26,27,28,31). The predicted octanol–water partition coefficient (Wildman–Crippen LogP) is 4.20. The molecule has 1 aromatic heterocycles. The highest BCUT2D eigenvalue weighted by Crippen LogP contribution is 2.34. The molecule has 0 bridgehead atoms. The second kappa shape index (κ2) is 10.9. The number of nitrogens with one attached hydrogen (secondary N) is 2. The van der Waals surface area contributed by atoms with E-state index in [4.69, 9.17) is 22.7 Å². The van der Waals surface area contributed by atoms with Gasteiger partial charge in [-0.25, -0.2) is 0 Å². The van der Waals surface area contributed by atoms with E-state index in [1.807, 2.05) is 61.5 Å². The number of ether oxygens (including phenoxy) is 1. The number of carbonyl (C=O) groups excluding carboxylic acids is 2. The van der Waals surface area contributed by atoms with Crippen molar-refractivity contribution >= 4 is 45.5 Å². The summed E-state index contributed by atoms with van der Waals surface area (Å²) < 4.78 is 5.50. The largest absolute Gasteiger partial charge is 0.484 e. The molecule has 3 aromatic rings. The third-order valence-corrected chi connectivity index (χ3v) is 6.29. The average molecular weight is 468 g/mol. The molecule has 0 aliphatic rings. The molecule has 8 heteroatoms. The summed E-state index contributed by atoms with van der Waals surface area (Å²) in [7, 11) is 0. The van der Waals surface area contributed by atoms with Crippen molar-refractivity contribution in [2.45, 2.75) is 26.7 Å². The Kier molecular flexibility index (Phi) is 7.97. The van der Waals surface area contributed by atoms with E-state index >= 15 is 0 Å². The van der Waals surface area contributed by atoms with Crippen molar-refractivity contribution in [3.05, 3.63) is 81.7 Å². The average Bonchev–Trinajstić information content (AvgIpc) is 3.07. The molecule has 2 amide bonds. The smallest absolute Gasteiger partial charge is 0.264 e. The molecule has 0 atom stereocenters. The van der Waals surface area contributed by atoms with Crippen LogP contribution in [0.2, 0.25) is 0 Å². The van der Waals surface area contributed by atoms with Crippen molar-refractivity contribution in [3.8, 4) is 5.75 Å². The topological polar surface area (TPSA) is 93.4 Å². The molecule has 32 heavy (non-hydrogen) atoms. The third kappa shape index (κ3) is 6.15. The van der Waals surface area contributed by atoms with Gasteiger partial charge in [0, 0.05) is 11.3 Å². The van der Waals surface area contributed by atoms with Gasteiger partial charge in [-0.05, 0) is 54.4 Å². The van der Waals surface area contributed by atoms with Gasteiger partial charge in [-0.3, -0.25) is 14.9 Å². The van der Waals surface area contributed by atoms with Crippen LogP contribution in [0.3, 0.4) is 0 Å². The number of anilines is 1. The first-order valence-electron chi connectivity index (χ1n) is 10.2. The van der Waals surface area contributed by atoms with E-state index in [0.29, 0.717) is 22.7 Å². The minimum Gasteiger partial charge on any atom is -0.484 e. The number of hydrogen-bond donors (Lipinski definition) is 3. The highest BCUT2D eigenvalue weighted by Gasteiger charge is 2.20. The minimum absolute atomic E-state index is 0.0787. The van der Waals surface area contributed by atoms with Crippen LogP contribution in [0.4, 0.5) is 5.00 Å². The van der Waals surface area contributed by atoms with Gasteiger partial charge in [0.05, 0.1) is 5.56 Å². The molecular formula is C24H25N3O3S2. The number of thiophene rings is 1. The summed E-state index contributed by atoms with van der Waals surface area (Å²) in [6, 6.07) is 17.5. The lowest BCUT2D eigenvalue weighted by molar-refractivity contribution is -0.121. The van der Waals surface area contributed by atoms with E-state index in [2.05, 4.69) is 17.6 Å². The molecule has 0 aliphatic carbocycles. The zero-order chi connectivity index (χ0) is 23.1. The summed E-state index contributed by atoms with van der Waals surface area (Å²) in [5.74, 6) is -0.347. The van der Waals surface area contributed by atoms with E-state index in [0.717, 1.165) is 22.4 Å². The van der Waals surface area contributed by atoms with Gasteiger partial charge in [0.1, 0.15) is 10.8 Å². The first-order chi connectivity index (χ1) is 15.4. The van der Waals surface area contributed by atoms with Crippen molar-refractivity contribution in [3.63, 3.8) is 0 Å². The number of primary amides is 1. The van der Waals surface area contributed by atoms with Gasteiger partial charge in [-0.15, -0.1) is 11.3 Å². The molecule has 0 saturated carbocycles. The van der Waals surface area contributed by atoms with Crippen LogP contribution < -0.4 is 21.1 Å². The van der Waals surface area contributed by atoms with Crippen molar-refractivity contribution < 1.29 is 14.3 Å². The SMILES string of the molecule is CCc1ccc(OCC(=O)NC(=S)Nc2sc(Cc3ccccc3)c(C)c2C(N)=O)cc1. The molecular weight excluding hydrogens is 442 g/mol. The lowest BCUT2D eigenvalue weighted by atomic mass is 10.1. The molecule has 1 heterocycles. The maximum absolute atomic E-state index is 12.2. The van der Waals surface area contributed by atoms with E-state index in [-0.39, 0.29) is 11.7 Å². The molecule has 0 unspecified atom stereocenters. The molecule has 166 valence electrons. The summed E-state index contributed by atoms with van der Waals surface area (Å²) in [6.45, 7) is 3.75. The zero-order valence-corrected chi connectivity index (χ0v) is 19.6. The molecule has 2 aromatic carbocycles. The fraction of sp³-hybridized carbons (Fsp3) is 0.208. The van der Waals surface area contributed by atoms with Gasteiger partial charge in [-0.1, -0.05) is 49.4 Å². The van der Waals surface area contributed by atoms with Crippen LogP contribution in [-0.2, 0) is 17.6 Å². The van der Waals surface area contributed by atoms with Gasteiger partial charge in [0.25, 0.3) is 11.8 Å².